The summed E-state index contributed by atoms with van der Waals surface area (Å²) in [5.41, 5.74) is 2.22. The van der Waals surface area contributed by atoms with Gasteiger partial charge in [0.1, 0.15) is 0 Å². The highest BCUT2D eigenvalue weighted by atomic mass is 35.5. The van der Waals surface area contributed by atoms with Crippen molar-refractivity contribution in [1.29, 1.82) is 0 Å². The van der Waals surface area contributed by atoms with E-state index in [1.54, 1.807) is 25.1 Å². The van der Waals surface area contributed by atoms with Crippen LogP contribution in [-0.2, 0) is 4.79 Å². The largest absolute Gasteiger partial charge is 0.538 e. The molecule has 3 aromatic rings. The van der Waals surface area contributed by atoms with Gasteiger partial charge < -0.3 is 14.9 Å². The van der Waals surface area contributed by atoms with E-state index in [0.29, 0.717) is 21.4 Å². The summed E-state index contributed by atoms with van der Waals surface area (Å²) in [5.74, 6) is -0.916. The third-order valence-corrected chi connectivity index (χ3v) is 5.21. The zero-order chi connectivity index (χ0) is 19.6. The van der Waals surface area contributed by atoms with Gasteiger partial charge in [-0.2, -0.15) is 0 Å². The molecule has 0 aliphatic heterocycles. The lowest BCUT2D eigenvalue weighted by molar-refractivity contribution is -0.705. The van der Waals surface area contributed by atoms with E-state index in [9.17, 15) is 9.90 Å². The number of nitrogens with zero attached hydrogens (tertiary/aromatic N) is 2. The summed E-state index contributed by atoms with van der Waals surface area (Å²) >= 11 is 12.9. The number of hydrogen-bond acceptors (Lipinski definition) is 5. The van der Waals surface area contributed by atoms with Crippen LogP contribution in [0.1, 0.15) is 12.5 Å². The number of amides is 1. The molecular weight excluding hydrogens is 409 g/mol. The van der Waals surface area contributed by atoms with Crippen LogP contribution >= 0.6 is 35.0 Å². The third kappa shape index (κ3) is 4.74. The standard InChI is InChI=1S/C18H15Cl2N3O3S/c1-10-3-5-15(6-4-10)23-17(18(25)26-22-23)27-11(2)16(24)21-14-8-12(19)7-13(20)9-14/h3-9,11H,1-2H3,(H-,21,22,24,25). The first-order chi connectivity index (χ1) is 12.8. The molecule has 0 fully saturated rings. The minimum Gasteiger partial charge on any atom is -0.538 e. The highest BCUT2D eigenvalue weighted by Gasteiger charge is 2.26. The molecule has 0 saturated heterocycles. The predicted molar refractivity (Wildman–Crippen MR) is 103 cm³/mol. The first-order valence-electron chi connectivity index (χ1n) is 7.93. The van der Waals surface area contributed by atoms with Crippen LogP contribution in [0.15, 0.2) is 52.0 Å². The number of hydrogen-bond donors (Lipinski definition) is 1. The van der Waals surface area contributed by atoms with Gasteiger partial charge in [0, 0.05) is 27.9 Å². The molecule has 3 rings (SSSR count). The van der Waals surface area contributed by atoms with Crippen LogP contribution in [0.5, 0.6) is 5.95 Å². The molecule has 1 N–H and O–H groups in total. The Morgan fingerprint density at radius 1 is 1.22 bits per heavy atom. The monoisotopic (exact) mass is 423 g/mol. The second kappa shape index (κ2) is 8.21. The second-order valence-corrected chi connectivity index (χ2v) is 8.02. The Hall–Kier alpha value is -2.22. The molecule has 2 aromatic carbocycles. The van der Waals surface area contributed by atoms with E-state index in [0.717, 1.165) is 17.3 Å². The lowest BCUT2D eigenvalue weighted by Gasteiger charge is -2.11. The van der Waals surface area contributed by atoms with E-state index in [2.05, 4.69) is 10.6 Å². The summed E-state index contributed by atoms with van der Waals surface area (Å²) in [6.07, 6.45) is 0. The van der Waals surface area contributed by atoms with Gasteiger partial charge >= 0.3 is 0 Å². The maximum atomic E-state index is 12.5. The number of halogens is 2. The Bertz CT molecular complexity index is 956. The molecule has 0 saturated carbocycles. The van der Waals surface area contributed by atoms with Crippen LogP contribution in [0.4, 0.5) is 5.69 Å². The molecule has 0 bridgehead atoms. The summed E-state index contributed by atoms with van der Waals surface area (Å²) < 4.78 is 6.16. The molecule has 1 atom stereocenters. The van der Waals surface area contributed by atoms with E-state index >= 15 is 0 Å². The molecule has 1 aromatic heterocycles. The maximum absolute atomic E-state index is 12.5. The minimum absolute atomic E-state index is 0.214. The molecule has 1 unspecified atom stereocenters. The van der Waals surface area contributed by atoms with Gasteiger partial charge in [-0.25, -0.2) is 0 Å². The number of aryl methyl sites for hydroxylation is 1. The summed E-state index contributed by atoms with van der Waals surface area (Å²) in [7, 11) is 0. The lowest BCUT2D eigenvalue weighted by Crippen LogP contribution is -2.36. The van der Waals surface area contributed by atoms with E-state index in [4.69, 9.17) is 27.7 Å². The average Bonchev–Trinajstić information content (AvgIpc) is 2.95. The van der Waals surface area contributed by atoms with Gasteiger partial charge in [-0.1, -0.05) is 40.9 Å². The zero-order valence-corrected chi connectivity index (χ0v) is 16.7. The Morgan fingerprint density at radius 2 is 1.85 bits per heavy atom. The van der Waals surface area contributed by atoms with Crippen LogP contribution in [0.3, 0.4) is 0 Å². The SMILES string of the molecule is Cc1ccc(-[n+]2noc([O-])c2SC(C)C(=O)Nc2cc(Cl)cc(Cl)c2)cc1. The molecule has 140 valence electrons. The predicted octanol–water partition coefficient (Wildman–Crippen LogP) is 3.76. The molecule has 0 spiro atoms. The number of thioether (sulfide) groups is 1. The van der Waals surface area contributed by atoms with Gasteiger partial charge in [-0.05, 0) is 48.5 Å². The van der Waals surface area contributed by atoms with Gasteiger partial charge in [-0.3, -0.25) is 4.79 Å². The molecule has 9 heteroatoms. The summed E-state index contributed by atoms with van der Waals surface area (Å²) in [5, 5.41) is 19.0. The minimum atomic E-state index is -0.606. The fourth-order valence-corrected chi connectivity index (χ4v) is 3.68. The Morgan fingerprint density at radius 3 is 2.48 bits per heavy atom. The number of aromatic nitrogens is 2. The van der Waals surface area contributed by atoms with E-state index in [1.807, 2.05) is 31.2 Å². The van der Waals surface area contributed by atoms with E-state index in [1.165, 1.54) is 4.68 Å². The Kier molecular flexibility index (Phi) is 5.94. The van der Waals surface area contributed by atoms with Crippen LogP contribution < -0.4 is 15.1 Å². The number of carbonyl (C=O) groups excluding carboxylic acids is 1. The quantitative estimate of drug-likeness (QED) is 0.498. The number of rotatable bonds is 5. The highest BCUT2D eigenvalue weighted by molar-refractivity contribution is 8.00. The van der Waals surface area contributed by atoms with Gasteiger partial charge in [0.15, 0.2) is 5.95 Å². The number of nitrogens with one attached hydrogen (secondary N) is 1. The molecule has 0 radical (unpaired) electrons. The molecule has 27 heavy (non-hydrogen) atoms. The van der Waals surface area contributed by atoms with Crippen LogP contribution in [0.2, 0.25) is 10.0 Å². The normalized spacial score (nSPS) is 12.0. The van der Waals surface area contributed by atoms with Crippen molar-refractivity contribution in [3.05, 3.63) is 58.1 Å². The van der Waals surface area contributed by atoms with Gasteiger partial charge in [0.05, 0.1) is 10.5 Å². The van der Waals surface area contributed by atoms with Crippen molar-refractivity contribution < 1.29 is 19.1 Å². The van der Waals surface area contributed by atoms with Crippen molar-refractivity contribution in [2.45, 2.75) is 24.1 Å². The molecule has 6 nitrogen and oxygen atoms in total. The average molecular weight is 424 g/mol. The van der Waals surface area contributed by atoms with Crippen LogP contribution in [0.25, 0.3) is 5.69 Å². The third-order valence-electron chi connectivity index (χ3n) is 3.64. The molecule has 1 amide bonds. The topological polar surface area (TPSA) is 82.1 Å². The second-order valence-electron chi connectivity index (χ2n) is 5.82. The lowest BCUT2D eigenvalue weighted by atomic mass is 10.2. The van der Waals surface area contributed by atoms with Gasteiger partial charge in [0.2, 0.25) is 11.6 Å². The molecule has 1 heterocycles. The fraction of sp³-hybridized carbons (Fsp3) is 0.167. The van der Waals surface area contributed by atoms with Crippen molar-refractivity contribution in [2.24, 2.45) is 0 Å². The first-order valence-corrected chi connectivity index (χ1v) is 9.56. The van der Waals surface area contributed by atoms with Crippen LogP contribution in [0, 0.1) is 6.92 Å². The van der Waals surface area contributed by atoms with Crippen molar-refractivity contribution in [1.82, 2.24) is 5.27 Å². The highest BCUT2D eigenvalue weighted by Crippen LogP contribution is 2.29. The van der Waals surface area contributed by atoms with Crippen LogP contribution in [-0.4, -0.2) is 16.4 Å². The smallest absolute Gasteiger partial charge is 0.298 e. The number of anilines is 1. The molecular formula is C18H15Cl2N3O3S. The number of carbonyl (C=O) groups is 1. The molecule has 0 aliphatic carbocycles. The van der Waals surface area contributed by atoms with E-state index in [-0.39, 0.29) is 10.9 Å². The molecule has 0 aliphatic rings. The number of benzene rings is 2. The van der Waals surface area contributed by atoms with E-state index < -0.39 is 11.2 Å². The first kappa shape index (κ1) is 19.5. The van der Waals surface area contributed by atoms with Gasteiger partial charge in [-0.15, -0.1) is 0 Å². The van der Waals surface area contributed by atoms with Crippen molar-refractivity contribution in [2.75, 3.05) is 5.32 Å². The summed E-state index contributed by atoms with van der Waals surface area (Å²) in [4.78, 5) is 12.5. The van der Waals surface area contributed by atoms with Crippen molar-refractivity contribution >= 4 is 46.6 Å². The fourth-order valence-electron chi connectivity index (χ4n) is 2.28. The Balaban J connectivity index is 1.77. The van der Waals surface area contributed by atoms with Crippen molar-refractivity contribution in [3.8, 4) is 11.6 Å². The summed E-state index contributed by atoms with van der Waals surface area (Å²) in [6, 6.07) is 12.2. The summed E-state index contributed by atoms with van der Waals surface area (Å²) in [6.45, 7) is 3.64. The van der Waals surface area contributed by atoms with Gasteiger partial charge in [0.25, 0.3) is 5.03 Å². The van der Waals surface area contributed by atoms with Crippen molar-refractivity contribution in [3.63, 3.8) is 0 Å². The maximum Gasteiger partial charge on any atom is 0.298 e. The zero-order valence-electron chi connectivity index (χ0n) is 14.4. The Labute approximate surface area is 170 Å².